The highest BCUT2D eigenvalue weighted by atomic mass is 35.5. The Labute approximate surface area is 182 Å². The van der Waals surface area contributed by atoms with Gasteiger partial charge in [-0.25, -0.2) is 0 Å². The van der Waals surface area contributed by atoms with E-state index < -0.39 is 5.92 Å². The first-order valence-corrected chi connectivity index (χ1v) is 10.3. The molecule has 0 saturated carbocycles. The molecule has 0 unspecified atom stereocenters. The first-order valence-electron chi connectivity index (χ1n) is 8.61. The number of Topliss-reactive ketones (excluding diaryl/α,β-unsaturated/α-hetero) is 2. The van der Waals surface area contributed by atoms with E-state index in [2.05, 4.69) is 11.4 Å². The summed E-state index contributed by atoms with van der Waals surface area (Å²) in [4.78, 5) is 24.8. The van der Waals surface area contributed by atoms with Crippen LogP contribution in [-0.2, 0) is 4.79 Å². The Morgan fingerprint density at radius 2 is 2.03 bits per heavy atom. The highest BCUT2D eigenvalue weighted by Crippen LogP contribution is 2.41. The van der Waals surface area contributed by atoms with Crippen LogP contribution < -0.4 is 5.32 Å². The summed E-state index contributed by atoms with van der Waals surface area (Å²) in [6.45, 7) is 3.22. The maximum absolute atomic E-state index is 12.6. The van der Waals surface area contributed by atoms with Crippen molar-refractivity contribution >= 4 is 46.5 Å². The SMILES string of the molecule is CC(=O)C1=C(C)NC(SCC(=O)c2ccc(Cl)c(Cl)c2)=C(C#N)[C@@H]1c1ccco1. The van der Waals surface area contributed by atoms with Gasteiger partial charge < -0.3 is 9.73 Å². The number of rotatable bonds is 6. The number of thioether (sulfide) groups is 1. The topological polar surface area (TPSA) is 83.1 Å². The summed E-state index contributed by atoms with van der Waals surface area (Å²) in [7, 11) is 0. The van der Waals surface area contributed by atoms with Gasteiger partial charge in [0.05, 0.1) is 44.7 Å². The van der Waals surface area contributed by atoms with E-state index in [9.17, 15) is 14.9 Å². The molecule has 5 nitrogen and oxygen atoms in total. The van der Waals surface area contributed by atoms with Gasteiger partial charge in [-0.3, -0.25) is 9.59 Å². The molecule has 0 spiro atoms. The molecule has 2 heterocycles. The van der Waals surface area contributed by atoms with Crippen molar-refractivity contribution in [1.29, 1.82) is 5.26 Å². The van der Waals surface area contributed by atoms with E-state index in [0.29, 0.717) is 43.2 Å². The largest absolute Gasteiger partial charge is 0.468 e. The molecule has 1 N–H and O–H groups in total. The lowest BCUT2D eigenvalue weighted by Gasteiger charge is -2.27. The van der Waals surface area contributed by atoms with Crippen LogP contribution in [0.5, 0.6) is 0 Å². The second kappa shape index (κ2) is 8.91. The molecule has 0 amide bonds. The predicted molar refractivity (Wildman–Crippen MR) is 114 cm³/mol. The van der Waals surface area contributed by atoms with E-state index in [1.165, 1.54) is 31.0 Å². The van der Waals surface area contributed by atoms with Gasteiger partial charge in [-0.15, -0.1) is 0 Å². The van der Waals surface area contributed by atoms with Crippen molar-refractivity contribution in [3.63, 3.8) is 0 Å². The maximum Gasteiger partial charge on any atom is 0.173 e. The quantitative estimate of drug-likeness (QED) is 0.590. The van der Waals surface area contributed by atoms with Crippen LogP contribution >= 0.6 is 35.0 Å². The van der Waals surface area contributed by atoms with Gasteiger partial charge in [0.2, 0.25) is 0 Å². The number of hydrogen-bond acceptors (Lipinski definition) is 6. The molecule has 1 aliphatic rings. The summed E-state index contributed by atoms with van der Waals surface area (Å²) < 4.78 is 5.50. The summed E-state index contributed by atoms with van der Waals surface area (Å²) in [6.07, 6.45) is 1.50. The van der Waals surface area contributed by atoms with Crippen LogP contribution in [0.4, 0.5) is 0 Å². The third-order valence-electron chi connectivity index (χ3n) is 4.44. The molecule has 1 aromatic heterocycles. The molecule has 3 rings (SSSR count). The number of carbonyl (C=O) groups is 2. The third-order valence-corrected chi connectivity index (χ3v) is 6.20. The van der Waals surface area contributed by atoms with Gasteiger partial charge in [-0.2, -0.15) is 5.26 Å². The number of nitrogens with one attached hydrogen (secondary N) is 1. The Bertz CT molecular complexity index is 1080. The van der Waals surface area contributed by atoms with E-state index in [4.69, 9.17) is 27.6 Å². The highest BCUT2D eigenvalue weighted by Gasteiger charge is 2.34. The van der Waals surface area contributed by atoms with Crippen LogP contribution in [-0.4, -0.2) is 17.3 Å². The fourth-order valence-corrected chi connectivity index (χ4v) is 4.41. The summed E-state index contributed by atoms with van der Waals surface area (Å²) >= 11 is 13.1. The Hall–Kier alpha value is -2.46. The van der Waals surface area contributed by atoms with E-state index in [1.54, 1.807) is 31.2 Å². The summed E-state index contributed by atoms with van der Waals surface area (Å²) in [5.41, 5.74) is 1.86. The smallest absolute Gasteiger partial charge is 0.173 e. The lowest BCUT2D eigenvalue weighted by molar-refractivity contribution is -0.113. The number of halogens is 2. The molecule has 2 aromatic rings. The van der Waals surface area contributed by atoms with Crippen molar-refractivity contribution < 1.29 is 14.0 Å². The van der Waals surface area contributed by atoms with Gasteiger partial charge in [-0.1, -0.05) is 35.0 Å². The number of nitriles is 1. The zero-order valence-electron chi connectivity index (χ0n) is 15.6. The number of ketones is 2. The number of hydrogen-bond donors (Lipinski definition) is 1. The summed E-state index contributed by atoms with van der Waals surface area (Å²) in [5.74, 6) is -0.342. The Morgan fingerprint density at radius 1 is 1.28 bits per heavy atom. The number of allylic oxidation sites excluding steroid dienone is 3. The molecule has 0 bridgehead atoms. The molecule has 0 saturated heterocycles. The molecular formula is C21H16Cl2N2O3S. The number of dihydropyridines is 1. The second-order valence-electron chi connectivity index (χ2n) is 6.36. The third kappa shape index (κ3) is 4.43. The van der Waals surface area contributed by atoms with E-state index in [-0.39, 0.29) is 17.3 Å². The zero-order chi connectivity index (χ0) is 21.1. The molecule has 0 aliphatic carbocycles. The summed E-state index contributed by atoms with van der Waals surface area (Å²) in [5, 5.41) is 14.1. The normalized spacial score (nSPS) is 16.4. The maximum atomic E-state index is 12.6. The van der Waals surface area contributed by atoms with Gasteiger partial charge in [-0.05, 0) is 44.2 Å². The van der Waals surface area contributed by atoms with Gasteiger partial charge in [0, 0.05) is 16.8 Å². The minimum absolute atomic E-state index is 0.0824. The molecule has 0 fully saturated rings. The van der Waals surface area contributed by atoms with Crippen LogP contribution in [0.15, 0.2) is 62.9 Å². The van der Waals surface area contributed by atoms with Crippen LogP contribution in [0.2, 0.25) is 10.0 Å². The lowest BCUT2D eigenvalue weighted by atomic mass is 9.84. The number of carbonyl (C=O) groups excluding carboxylic acids is 2. The minimum atomic E-state index is -0.615. The van der Waals surface area contributed by atoms with Crippen molar-refractivity contribution in [1.82, 2.24) is 5.32 Å². The number of nitrogens with zero attached hydrogens (tertiary/aromatic N) is 1. The molecule has 1 aromatic carbocycles. The molecule has 8 heteroatoms. The first kappa shape index (κ1) is 21.3. The molecule has 0 radical (unpaired) electrons. The number of benzene rings is 1. The highest BCUT2D eigenvalue weighted by molar-refractivity contribution is 8.03. The van der Waals surface area contributed by atoms with Crippen LogP contribution in [0, 0.1) is 11.3 Å². The van der Waals surface area contributed by atoms with Crippen molar-refractivity contribution in [2.45, 2.75) is 19.8 Å². The fourth-order valence-electron chi connectivity index (χ4n) is 3.12. The molecule has 1 aliphatic heterocycles. The fraction of sp³-hybridized carbons (Fsp3) is 0.190. The Kier molecular flexibility index (Phi) is 6.53. The predicted octanol–water partition coefficient (Wildman–Crippen LogP) is 5.49. The lowest BCUT2D eigenvalue weighted by Crippen LogP contribution is -2.27. The van der Waals surface area contributed by atoms with Crippen molar-refractivity contribution in [3.8, 4) is 6.07 Å². The van der Waals surface area contributed by atoms with Crippen LogP contribution in [0.25, 0.3) is 0 Å². The van der Waals surface area contributed by atoms with E-state index in [0.717, 1.165) is 0 Å². The van der Waals surface area contributed by atoms with Gasteiger partial charge in [0.15, 0.2) is 11.6 Å². The molecular weight excluding hydrogens is 431 g/mol. The van der Waals surface area contributed by atoms with Crippen LogP contribution in [0.1, 0.15) is 35.9 Å². The average Bonchev–Trinajstić information content (AvgIpc) is 3.21. The minimum Gasteiger partial charge on any atom is -0.468 e. The van der Waals surface area contributed by atoms with Gasteiger partial charge in [0.25, 0.3) is 0 Å². The number of furan rings is 1. The monoisotopic (exact) mass is 446 g/mol. The first-order chi connectivity index (χ1) is 13.8. The Morgan fingerprint density at radius 3 is 2.62 bits per heavy atom. The zero-order valence-corrected chi connectivity index (χ0v) is 17.9. The average molecular weight is 447 g/mol. The molecule has 1 atom stereocenters. The van der Waals surface area contributed by atoms with Crippen molar-refractivity contribution in [2.24, 2.45) is 0 Å². The van der Waals surface area contributed by atoms with Crippen LogP contribution in [0.3, 0.4) is 0 Å². The standard InChI is InChI=1S/C21H16Cl2N2O3S/c1-11-19(12(2)26)20(18-4-3-7-28-18)14(9-24)21(25-11)29-10-17(27)13-5-6-15(22)16(23)8-13/h3-8,20,25H,10H2,1-2H3/t20-/m1/s1. The Balaban J connectivity index is 1.90. The van der Waals surface area contributed by atoms with Crippen molar-refractivity contribution in [2.75, 3.05) is 5.75 Å². The van der Waals surface area contributed by atoms with Crippen molar-refractivity contribution in [3.05, 3.63) is 79.8 Å². The molecule has 148 valence electrons. The van der Waals surface area contributed by atoms with Gasteiger partial charge in [0.1, 0.15) is 5.76 Å². The molecule has 29 heavy (non-hydrogen) atoms. The second-order valence-corrected chi connectivity index (χ2v) is 8.16. The summed E-state index contributed by atoms with van der Waals surface area (Å²) in [6, 6.07) is 10.3. The van der Waals surface area contributed by atoms with E-state index >= 15 is 0 Å². The van der Waals surface area contributed by atoms with E-state index in [1.807, 2.05) is 0 Å². The van der Waals surface area contributed by atoms with Gasteiger partial charge >= 0.3 is 0 Å².